The molecule has 0 saturated carbocycles. The molecule has 8 heteroatoms. The summed E-state index contributed by atoms with van der Waals surface area (Å²) in [5.41, 5.74) is -0.393. The first-order valence-electron chi connectivity index (χ1n) is 4.95. The predicted molar refractivity (Wildman–Crippen MR) is 66.5 cm³/mol. The molecule has 0 saturated heterocycles. The first-order valence-corrected chi connectivity index (χ1v) is 6.03. The molecule has 0 spiro atoms. The number of carbonyl (C=O) groups is 1. The summed E-state index contributed by atoms with van der Waals surface area (Å²) in [5, 5.41) is 8.76. The lowest BCUT2D eigenvalue weighted by Crippen LogP contribution is -2.18. The van der Waals surface area contributed by atoms with Crippen molar-refractivity contribution in [3.05, 3.63) is 26.8 Å². The Labute approximate surface area is 120 Å². The van der Waals surface area contributed by atoms with E-state index < -0.39 is 18.1 Å². The molecule has 0 radical (unpaired) electrons. The smallest absolute Gasteiger partial charge is 0.462 e. The molecule has 0 aromatic heterocycles. The molecular formula is C11H7F3INO3. The van der Waals surface area contributed by atoms with Crippen LogP contribution in [0.4, 0.5) is 13.2 Å². The fourth-order valence-corrected chi connectivity index (χ4v) is 1.90. The summed E-state index contributed by atoms with van der Waals surface area (Å²) in [5.74, 6) is -1.50. The summed E-state index contributed by atoms with van der Waals surface area (Å²) in [4.78, 5) is 11.5. The SMILES string of the molecule is CCOC(=O)c1cc(OC(F)(F)F)c(C#N)cc1I. The van der Waals surface area contributed by atoms with Gasteiger partial charge < -0.3 is 9.47 Å². The van der Waals surface area contributed by atoms with E-state index in [1.165, 1.54) is 0 Å². The Morgan fingerprint density at radius 3 is 2.58 bits per heavy atom. The maximum absolute atomic E-state index is 12.2. The number of benzene rings is 1. The van der Waals surface area contributed by atoms with Gasteiger partial charge in [-0.3, -0.25) is 0 Å². The van der Waals surface area contributed by atoms with E-state index in [2.05, 4.69) is 4.74 Å². The highest BCUT2D eigenvalue weighted by Crippen LogP contribution is 2.30. The van der Waals surface area contributed by atoms with Crippen molar-refractivity contribution in [3.8, 4) is 11.8 Å². The van der Waals surface area contributed by atoms with Gasteiger partial charge in [-0.25, -0.2) is 4.79 Å². The molecule has 0 unspecified atom stereocenters. The number of ether oxygens (including phenoxy) is 2. The molecule has 0 fully saturated rings. The fraction of sp³-hybridized carbons (Fsp3) is 0.273. The van der Waals surface area contributed by atoms with Gasteiger partial charge in [0.1, 0.15) is 11.8 Å². The Morgan fingerprint density at radius 1 is 1.47 bits per heavy atom. The van der Waals surface area contributed by atoms with Gasteiger partial charge in [-0.15, -0.1) is 13.2 Å². The summed E-state index contributed by atoms with van der Waals surface area (Å²) in [7, 11) is 0. The molecule has 0 aliphatic carbocycles. The number of esters is 1. The molecule has 0 bridgehead atoms. The van der Waals surface area contributed by atoms with Crippen LogP contribution in [0.5, 0.6) is 5.75 Å². The van der Waals surface area contributed by atoms with Gasteiger partial charge in [0.2, 0.25) is 0 Å². The highest BCUT2D eigenvalue weighted by Gasteiger charge is 2.33. The minimum absolute atomic E-state index is 0.0827. The molecule has 1 rings (SSSR count). The number of hydrogen-bond donors (Lipinski definition) is 0. The van der Waals surface area contributed by atoms with E-state index in [4.69, 9.17) is 10.00 Å². The van der Waals surface area contributed by atoms with Crippen LogP contribution in [0.15, 0.2) is 12.1 Å². The third kappa shape index (κ3) is 4.27. The molecule has 4 nitrogen and oxygen atoms in total. The lowest BCUT2D eigenvalue weighted by atomic mass is 10.1. The summed E-state index contributed by atoms with van der Waals surface area (Å²) < 4.78 is 45.3. The van der Waals surface area contributed by atoms with Crippen molar-refractivity contribution in [3.63, 3.8) is 0 Å². The van der Waals surface area contributed by atoms with E-state index >= 15 is 0 Å². The van der Waals surface area contributed by atoms with Gasteiger partial charge in [-0.2, -0.15) is 5.26 Å². The second-order valence-corrected chi connectivity index (χ2v) is 4.37. The van der Waals surface area contributed by atoms with Crippen molar-refractivity contribution in [2.45, 2.75) is 13.3 Å². The molecule has 0 amide bonds. The van der Waals surface area contributed by atoms with Crippen LogP contribution in [-0.2, 0) is 4.74 Å². The van der Waals surface area contributed by atoms with Crippen molar-refractivity contribution < 1.29 is 27.4 Å². The van der Waals surface area contributed by atoms with Crippen molar-refractivity contribution >= 4 is 28.6 Å². The van der Waals surface area contributed by atoms with Crippen LogP contribution in [0.3, 0.4) is 0 Å². The average Bonchev–Trinajstić information content (AvgIpc) is 2.29. The van der Waals surface area contributed by atoms with Crippen LogP contribution < -0.4 is 4.74 Å². The Bertz CT molecular complexity index is 537. The molecule has 0 aliphatic heterocycles. The highest BCUT2D eigenvalue weighted by atomic mass is 127. The van der Waals surface area contributed by atoms with Gasteiger partial charge in [-0.05, 0) is 41.6 Å². The molecule has 19 heavy (non-hydrogen) atoms. The zero-order chi connectivity index (χ0) is 14.6. The molecule has 0 N–H and O–H groups in total. The Kier molecular flexibility index (Phi) is 4.99. The third-order valence-corrected chi connectivity index (χ3v) is 2.80. The zero-order valence-corrected chi connectivity index (χ0v) is 11.7. The van der Waals surface area contributed by atoms with Crippen molar-refractivity contribution in [2.24, 2.45) is 0 Å². The van der Waals surface area contributed by atoms with Crippen molar-refractivity contribution in [1.82, 2.24) is 0 Å². The summed E-state index contributed by atoms with van der Waals surface area (Å²) >= 11 is 1.73. The van der Waals surface area contributed by atoms with E-state index in [1.54, 1.807) is 35.6 Å². The van der Waals surface area contributed by atoms with Crippen LogP contribution >= 0.6 is 22.6 Å². The lowest BCUT2D eigenvalue weighted by Gasteiger charge is -2.12. The van der Waals surface area contributed by atoms with Gasteiger partial charge in [-0.1, -0.05) is 0 Å². The first kappa shape index (κ1) is 15.6. The lowest BCUT2D eigenvalue weighted by molar-refractivity contribution is -0.274. The topological polar surface area (TPSA) is 59.3 Å². The molecule has 0 heterocycles. The number of halogens is 4. The quantitative estimate of drug-likeness (QED) is 0.592. The van der Waals surface area contributed by atoms with E-state index in [1.807, 2.05) is 0 Å². The van der Waals surface area contributed by atoms with Gasteiger partial charge >= 0.3 is 12.3 Å². The number of nitrogens with zero attached hydrogens (tertiary/aromatic N) is 1. The standard InChI is InChI=1S/C11H7F3INO3/c1-2-18-10(17)7-4-9(19-11(12,13)14)6(5-16)3-8(7)15/h3-4H,2H2,1H3. The average molecular weight is 385 g/mol. The maximum Gasteiger partial charge on any atom is 0.573 e. The largest absolute Gasteiger partial charge is 0.573 e. The van der Waals surface area contributed by atoms with Crippen LogP contribution in [0.25, 0.3) is 0 Å². The minimum atomic E-state index is -4.94. The predicted octanol–water partition coefficient (Wildman–Crippen LogP) is 3.24. The van der Waals surface area contributed by atoms with Gasteiger partial charge in [0.25, 0.3) is 0 Å². The van der Waals surface area contributed by atoms with E-state index in [0.29, 0.717) is 3.57 Å². The zero-order valence-electron chi connectivity index (χ0n) is 9.55. The molecule has 0 aliphatic rings. The first-order chi connectivity index (χ1) is 8.78. The molecule has 1 aromatic rings. The van der Waals surface area contributed by atoms with Crippen LogP contribution in [-0.4, -0.2) is 18.9 Å². The maximum atomic E-state index is 12.2. The second kappa shape index (κ2) is 6.10. The Hall–Kier alpha value is -1.50. The number of carbonyl (C=O) groups excluding carboxylic acids is 1. The fourth-order valence-electron chi connectivity index (χ4n) is 1.22. The molecule has 1 aromatic carbocycles. The van der Waals surface area contributed by atoms with Gasteiger partial charge in [0.05, 0.1) is 17.7 Å². The molecule has 102 valence electrons. The van der Waals surface area contributed by atoms with Crippen molar-refractivity contribution in [2.75, 3.05) is 6.61 Å². The number of rotatable bonds is 3. The Morgan fingerprint density at radius 2 is 2.11 bits per heavy atom. The van der Waals surface area contributed by atoms with Crippen LogP contribution in [0.1, 0.15) is 22.8 Å². The second-order valence-electron chi connectivity index (χ2n) is 3.21. The van der Waals surface area contributed by atoms with Gasteiger partial charge in [0.15, 0.2) is 0 Å². The number of alkyl halides is 3. The summed E-state index contributed by atoms with van der Waals surface area (Å²) in [6.07, 6.45) is -4.94. The van der Waals surface area contributed by atoms with Crippen molar-refractivity contribution in [1.29, 1.82) is 5.26 Å². The number of hydrogen-bond acceptors (Lipinski definition) is 4. The Balaban J connectivity index is 3.26. The minimum Gasteiger partial charge on any atom is -0.462 e. The summed E-state index contributed by atoms with van der Waals surface area (Å²) in [6.45, 7) is 1.66. The highest BCUT2D eigenvalue weighted by molar-refractivity contribution is 14.1. The van der Waals surface area contributed by atoms with E-state index in [9.17, 15) is 18.0 Å². The third-order valence-electron chi connectivity index (χ3n) is 1.91. The molecule has 0 atom stereocenters. The number of nitriles is 1. The van der Waals surface area contributed by atoms with Crippen LogP contribution in [0, 0.1) is 14.9 Å². The normalized spacial score (nSPS) is 10.7. The monoisotopic (exact) mass is 385 g/mol. The summed E-state index contributed by atoms with van der Waals surface area (Å²) in [6, 6.07) is 3.56. The van der Waals surface area contributed by atoms with Gasteiger partial charge in [0, 0.05) is 3.57 Å². The molecular weight excluding hydrogens is 378 g/mol. The van der Waals surface area contributed by atoms with E-state index in [-0.39, 0.29) is 17.7 Å². The van der Waals surface area contributed by atoms with Crippen LogP contribution in [0.2, 0.25) is 0 Å². The van der Waals surface area contributed by atoms with E-state index in [0.717, 1.165) is 12.1 Å².